The maximum Gasteiger partial charge on any atom is 0.236 e. The number of nitrogens with zero attached hydrogens (tertiary/aromatic N) is 2. The van der Waals surface area contributed by atoms with Crippen molar-refractivity contribution in [1.82, 2.24) is 15.4 Å². The molecular weight excluding hydrogens is 189 g/mol. The van der Waals surface area contributed by atoms with E-state index in [0.29, 0.717) is 0 Å². The van der Waals surface area contributed by atoms with Crippen LogP contribution in [-0.4, -0.2) is 24.0 Å². The third-order valence-corrected chi connectivity index (χ3v) is 2.00. The van der Waals surface area contributed by atoms with E-state index in [-0.39, 0.29) is 0 Å². The van der Waals surface area contributed by atoms with Crippen molar-refractivity contribution in [3.8, 4) is 0 Å². The second-order valence-electron chi connectivity index (χ2n) is 3.14. The van der Waals surface area contributed by atoms with Crippen molar-refractivity contribution in [2.75, 3.05) is 6.61 Å². The fourth-order valence-electron chi connectivity index (χ4n) is 1.27. The highest BCUT2D eigenvalue weighted by Crippen LogP contribution is 2.04. The molecule has 1 aliphatic rings. The van der Waals surface area contributed by atoms with Crippen molar-refractivity contribution in [2.24, 2.45) is 0 Å². The van der Waals surface area contributed by atoms with E-state index in [1.807, 2.05) is 24.3 Å². The maximum absolute atomic E-state index is 4.69. The van der Waals surface area contributed by atoms with E-state index in [1.165, 1.54) is 6.32 Å². The molecule has 0 aliphatic carbocycles. The van der Waals surface area contributed by atoms with Crippen molar-refractivity contribution in [1.29, 1.82) is 0 Å². The maximum atomic E-state index is 4.69. The average Bonchev–Trinajstić information content (AvgIpc) is 2.88. The molecule has 2 heterocycles. The number of fused-ring (bicyclic) bond motifs is 1. The quantitative estimate of drug-likeness (QED) is 0.643. The van der Waals surface area contributed by atoms with E-state index in [2.05, 4.69) is 15.4 Å². The first-order chi connectivity index (χ1) is 7.47. The second kappa shape index (κ2) is 5.43. The Bertz CT molecular complexity index is 347. The van der Waals surface area contributed by atoms with Crippen LogP contribution in [0.4, 0.5) is 0 Å². The van der Waals surface area contributed by atoms with E-state index in [9.17, 15) is 0 Å². The summed E-state index contributed by atoms with van der Waals surface area (Å²) in [4.78, 5) is 12.9. The number of benzene rings is 1. The molecule has 76 valence electrons. The molecule has 0 radical (unpaired) electrons. The molecule has 1 aromatic carbocycles. The number of para-hydroxylation sites is 2. The predicted molar refractivity (Wildman–Crippen MR) is 60.6 cm³/mol. The molecule has 0 saturated carbocycles. The molecule has 15 heavy (non-hydrogen) atoms. The summed E-state index contributed by atoms with van der Waals surface area (Å²) < 4.78 is 0. The van der Waals surface area contributed by atoms with Crippen LogP contribution in [0.3, 0.4) is 0 Å². The van der Waals surface area contributed by atoms with Gasteiger partial charge in [0.25, 0.3) is 0 Å². The number of aromatic nitrogens is 2. The van der Waals surface area contributed by atoms with Crippen LogP contribution in [0, 0.1) is 0 Å². The van der Waals surface area contributed by atoms with Gasteiger partial charge in [-0.05, 0) is 18.5 Å². The van der Waals surface area contributed by atoms with Crippen LogP contribution in [-0.2, 0) is 4.84 Å². The Labute approximate surface area is 88.9 Å². The average molecular weight is 201 g/mol. The second-order valence-corrected chi connectivity index (χ2v) is 3.14. The molecule has 0 bridgehead atoms. The van der Waals surface area contributed by atoms with Gasteiger partial charge < -0.3 is 4.84 Å². The number of nitrogens with one attached hydrogen (secondary N) is 1. The van der Waals surface area contributed by atoms with Gasteiger partial charge in [0.2, 0.25) is 7.41 Å². The van der Waals surface area contributed by atoms with E-state index < -0.39 is 0 Å². The summed E-state index contributed by atoms with van der Waals surface area (Å²) in [5, 5.41) is 2.72. The molecule has 5 heteroatoms. The normalized spacial score (nSPS) is 14.1. The van der Waals surface area contributed by atoms with Gasteiger partial charge >= 0.3 is 0 Å². The largest absolute Gasteiger partial charge is 0.314 e. The van der Waals surface area contributed by atoms with Gasteiger partial charge in [-0.25, -0.2) is 5.39 Å². The lowest BCUT2D eigenvalue weighted by Gasteiger charge is -1.90. The van der Waals surface area contributed by atoms with Gasteiger partial charge in [0.1, 0.15) is 0 Å². The topological polar surface area (TPSA) is 47.0 Å². The lowest BCUT2D eigenvalue weighted by Crippen LogP contribution is -2.05. The highest BCUT2D eigenvalue weighted by atomic mass is 16.6. The van der Waals surface area contributed by atoms with Crippen LogP contribution >= 0.6 is 0 Å². The van der Waals surface area contributed by atoms with Crippen molar-refractivity contribution in [3.63, 3.8) is 0 Å². The van der Waals surface area contributed by atoms with Crippen LogP contribution in [0.25, 0.3) is 11.0 Å². The van der Waals surface area contributed by atoms with E-state index in [1.54, 1.807) is 12.4 Å². The van der Waals surface area contributed by atoms with Gasteiger partial charge in [0, 0.05) is 12.4 Å². The third kappa shape index (κ3) is 3.01. The molecule has 1 aliphatic heterocycles. The Hall–Kier alpha value is -1.46. The monoisotopic (exact) mass is 201 g/mol. The minimum atomic E-state index is 0.889. The molecule has 0 unspecified atom stereocenters. The molecule has 0 amide bonds. The highest BCUT2D eigenvalue weighted by molar-refractivity contribution is 6.32. The summed E-state index contributed by atoms with van der Waals surface area (Å²) in [6, 6.07) is 7.80. The fourth-order valence-corrected chi connectivity index (χ4v) is 1.27. The minimum absolute atomic E-state index is 0.889. The van der Waals surface area contributed by atoms with Crippen molar-refractivity contribution in [3.05, 3.63) is 36.7 Å². The predicted octanol–water partition coefficient (Wildman–Crippen LogP) is 0.921. The Morgan fingerprint density at radius 1 is 1.13 bits per heavy atom. The molecule has 2 aromatic rings. The van der Waals surface area contributed by atoms with Crippen LogP contribution < -0.4 is 5.39 Å². The van der Waals surface area contributed by atoms with Gasteiger partial charge in [-0.3, -0.25) is 9.97 Å². The van der Waals surface area contributed by atoms with Crippen LogP contribution in [0.2, 0.25) is 6.32 Å². The van der Waals surface area contributed by atoms with E-state index in [4.69, 9.17) is 4.84 Å². The lowest BCUT2D eigenvalue weighted by molar-refractivity contribution is 0.128. The standard InChI is InChI=1S/C8H6N2.C2H6BNO/c1-2-4-8-7(3-1)9-5-6-10-8;1-2-5-4-3-1/h1-6H;3-4H,1-2H2. The first-order valence-electron chi connectivity index (χ1n) is 4.97. The molecule has 0 spiro atoms. The molecule has 0 atom stereocenters. The number of hydrogen-bond acceptors (Lipinski definition) is 4. The lowest BCUT2D eigenvalue weighted by atomic mass is 9.94. The zero-order valence-electron chi connectivity index (χ0n) is 8.39. The van der Waals surface area contributed by atoms with Crippen molar-refractivity contribution < 1.29 is 4.84 Å². The summed E-state index contributed by atoms with van der Waals surface area (Å²) in [6.07, 6.45) is 4.56. The molecule has 4 nitrogen and oxygen atoms in total. The Morgan fingerprint density at radius 2 is 1.80 bits per heavy atom. The summed E-state index contributed by atoms with van der Waals surface area (Å²) in [6.45, 7) is 0.889. The van der Waals surface area contributed by atoms with Crippen LogP contribution in [0.5, 0.6) is 0 Å². The summed E-state index contributed by atoms with van der Waals surface area (Å²) >= 11 is 0. The van der Waals surface area contributed by atoms with Crippen molar-refractivity contribution >= 4 is 18.4 Å². The fraction of sp³-hybridized carbons (Fsp3) is 0.200. The first-order valence-corrected chi connectivity index (χ1v) is 4.97. The van der Waals surface area contributed by atoms with Gasteiger partial charge in [-0.2, -0.15) is 0 Å². The number of rotatable bonds is 0. The molecule has 1 N–H and O–H groups in total. The summed E-state index contributed by atoms with van der Waals surface area (Å²) in [7, 11) is 1.03. The molecule has 1 saturated heterocycles. The van der Waals surface area contributed by atoms with Crippen LogP contribution in [0.1, 0.15) is 0 Å². The van der Waals surface area contributed by atoms with Gasteiger partial charge in [-0.1, -0.05) is 12.1 Å². The minimum Gasteiger partial charge on any atom is -0.314 e. The molecule has 3 rings (SSSR count). The smallest absolute Gasteiger partial charge is 0.236 e. The zero-order valence-corrected chi connectivity index (χ0v) is 8.39. The first kappa shape index (κ1) is 10.1. The Kier molecular flexibility index (Phi) is 3.65. The SMILES string of the molecule is B1CCON1.c1ccc2nccnc2c1. The molecule has 1 fully saturated rings. The summed E-state index contributed by atoms with van der Waals surface area (Å²) in [5.41, 5.74) is 1.90. The Morgan fingerprint density at radius 3 is 2.20 bits per heavy atom. The Balaban J connectivity index is 0.000000144. The molecule has 1 aromatic heterocycles. The van der Waals surface area contributed by atoms with Crippen molar-refractivity contribution in [2.45, 2.75) is 6.32 Å². The summed E-state index contributed by atoms with van der Waals surface area (Å²) in [5.74, 6) is 0. The highest BCUT2D eigenvalue weighted by Gasteiger charge is 1.96. The molecular formula is C10H12BN3O. The van der Waals surface area contributed by atoms with E-state index >= 15 is 0 Å². The van der Waals surface area contributed by atoms with Gasteiger partial charge in [-0.15, -0.1) is 0 Å². The van der Waals surface area contributed by atoms with Gasteiger partial charge in [0.05, 0.1) is 17.6 Å². The van der Waals surface area contributed by atoms with Gasteiger partial charge in [0.15, 0.2) is 0 Å². The number of hydrogen-bond donors (Lipinski definition) is 1. The van der Waals surface area contributed by atoms with E-state index in [0.717, 1.165) is 25.1 Å². The third-order valence-electron chi connectivity index (χ3n) is 2.00. The zero-order chi connectivity index (χ0) is 10.3. The van der Waals surface area contributed by atoms with Crippen LogP contribution in [0.15, 0.2) is 36.7 Å².